The number of rotatable bonds is 8. The van der Waals surface area contributed by atoms with E-state index in [1.807, 2.05) is 13.0 Å². The molecule has 0 spiro atoms. The van der Waals surface area contributed by atoms with Gasteiger partial charge in [0.2, 0.25) is 0 Å². The van der Waals surface area contributed by atoms with Gasteiger partial charge in [0.25, 0.3) is 0 Å². The van der Waals surface area contributed by atoms with Crippen LogP contribution in [0.15, 0.2) is 12.7 Å². The van der Waals surface area contributed by atoms with E-state index in [1.165, 1.54) is 0 Å². The number of hydrogen-bond acceptors (Lipinski definition) is 4. The fourth-order valence-corrected chi connectivity index (χ4v) is 2.56. The third kappa shape index (κ3) is 4.07. The van der Waals surface area contributed by atoms with Crippen LogP contribution in [0.3, 0.4) is 0 Å². The molecule has 1 fully saturated rings. The molecule has 17 heavy (non-hydrogen) atoms. The lowest BCUT2D eigenvalue weighted by Crippen LogP contribution is -2.57. The summed E-state index contributed by atoms with van der Waals surface area (Å²) in [7, 11) is 0. The number of allylic oxidation sites excluding steroid dienone is 1. The Bertz CT molecular complexity index is 210. The lowest BCUT2D eigenvalue weighted by Gasteiger charge is -2.42. The minimum atomic E-state index is -0.150. The van der Waals surface area contributed by atoms with E-state index >= 15 is 0 Å². The van der Waals surface area contributed by atoms with Gasteiger partial charge in [0.15, 0.2) is 0 Å². The van der Waals surface area contributed by atoms with Gasteiger partial charge in [-0.25, -0.2) is 0 Å². The smallest absolute Gasteiger partial charge is 0.0891 e. The summed E-state index contributed by atoms with van der Waals surface area (Å²) in [6.07, 6.45) is 6.92. The van der Waals surface area contributed by atoms with Gasteiger partial charge in [0, 0.05) is 32.7 Å². The molecular formula is C13H26N2O2. The summed E-state index contributed by atoms with van der Waals surface area (Å²) in [5.74, 6) is 5.70. The van der Waals surface area contributed by atoms with E-state index in [1.54, 1.807) is 0 Å². The van der Waals surface area contributed by atoms with E-state index in [-0.39, 0.29) is 11.6 Å². The molecule has 1 atom stereocenters. The summed E-state index contributed by atoms with van der Waals surface area (Å²) in [6.45, 7) is 8.03. The maximum Gasteiger partial charge on any atom is 0.0891 e. The monoisotopic (exact) mass is 242 g/mol. The Hall–Kier alpha value is -0.420. The number of nitrogens with one attached hydrogen (secondary N) is 1. The van der Waals surface area contributed by atoms with Crippen molar-refractivity contribution in [2.24, 2.45) is 5.84 Å². The highest BCUT2D eigenvalue weighted by molar-refractivity contribution is 4.94. The molecule has 0 aromatic carbocycles. The Morgan fingerprint density at radius 2 is 2.24 bits per heavy atom. The molecule has 100 valence electrons. The normalized spacial score (nSPS) is 21.1. The minimum absolute atomic E-state index is 0.150. The number of nitrogens with two attached hydrogens (primary N) is 1. The molecule has 0 aromatic rings. The second-order valence-corrected chi connectivity index (χ2v) is 4.55. The Labute approximate surface area is 105 Å². The quantitative estimate of drug-likeness (QED) is 0.295. The first-order valence-electron chi connectivity index (χ1n) is 6.58. The van der Waals surface area contributed by atoms with Gasteiger partial charge in [-0.1, -0.05) is 6.08 Å². The van der Waals surface area contributed by atoms with Crippen LogP contribution in [0.2, 0.25) is 0 Å². The van der Waals surface area contributed by atoms with Crippen molar-refractivity contribution in [2.75, 3.05) is 19.8 Å². The Morgan fingerprint density at radius 3 is 2.76 bits per heavy atom. The number of ether oxygens (including phenoxy) is 2. The first-order chi connectivity index (χ1) is 8.29. The average Bonchev–Trinajstić information content (AvgIpc) is 2.36. The van der Waals surface area contributed by atoms with Crippen LogP contribution in [0.1, 0.15) is 39.0 Å². The van der Waals surface area contributed by atoms with Gasteiger partial charge in [0.1, 0.15) is 0 Å². The zero-order chi connectivity index (χ0) is 12.6. The maximum absolute atomic E-state index is 6.01. The van der Waals surface area contributed by atoms with Crippen LogP contribution in [-0.4, -0.2) is 31.5 Å². The topological polar surface area (TPSA) is 56.5 Å². The highest BCUT2D eigenvalue weighted by atomic mass is 16.5. The number of unbranched alkanes of at least 4 members (excludes halogenated alkanes) is 1. The third-order valence-electron chi connectivity index (χ3n) is 3.51. The predicted molar refractivity (Wildman–Crippen MR) is 69.6 cm³/mol. The van der Waals surface area contributed by atoms with Gasteiger partial charge < -0.3 is 9.47 Å². The van der Waals surface area contributed by atoms with Crippen molar-refractivity contribution < 1.29 is 9.47 Å². The molecule has 0 bridgehead atoms. The molecule has 0 aromatic heterocycles. The van der Waals surface area contributed by atoms with Crippen molar-refractivity contribution >= 4 is 0 Å². The average molecular weight is 242 g/mol. The fraction of sp³-hybridized carbons (Fsp3) is 0.846. The Morgan fingerprint density at radius 1 is 1.53 bits per heavy atom. The van der Waals surface area contributed by atoms with E-state index in [2.05, 4.69) is 12.0 Å². The summed E-state index contributed by atoms with van der Waals surface area (Å²) in [5.41, 5.74) is 2.79. The van der Waals surface area contributed by atoms with Crippen LogP contribution < -0.4 is 11.3 Å². The molecule has 3 N–H and O–H groups in total. The van der Waals surface area contributed by atoms with Crippen LogP contribution in [0.4, 0.5) is 0 Å². The molecule has 1 aliphatic heterocycles. The lowest BCUT2D eigenvalue weighted by atomic mass is 9.83. The molecule has 1 aliphatic rings. The van der Waals surface area contributed by atoms with Crippen LogP contribution in [0.5, 0.6) is 0 Å². The van der Waals surface area contributed by atoms with Crippen molar-refractivity contribution in [3.05, 3.63) is 12.7 Å². The second kappa shape index (κ2) is 7.82. The molecule has 1 heterocycles. The Kier molecular flexibility index (Phi) is 6.73. The van der Waals surface area contributed by atoms with Gasteiger partial charge in [-0.05, 0) is 26.2 Å². The maximum atomic E-state index is 6.01. The van der Waals surface area contributed by atoms with Crippen molar-refractivity contribution in [1.29, 1.82) is 0 Å². The zero-order valence-corrected chi connectivity index (χ0v) is 10.9. The second-order valence-electron chi connectivity index (χ2n) is 4.55. The summed E-state index contributed by atoms with van der Waals surface area (Å²) in [4.78, 5) is 0. The predicted octanol–water partition coefficient (Wildman–Crippen LogP) is 1.76. The SMILES string of the molecule is C=CCCCC(NN)C1(OCC)CCOCC1. The summed E-state index contributed by atoms with van der Waals surface area (Å²) in [5, 5.41) is 0. The third-order valence-corrected chi connectivity index (χ3v) is 3.51. The van der Waals surface area contributed by atoms with Crippen molar-refractivity contribution in [3.63, 3.8) is 0 Å². The number of hydrogen-bond donors (Lipinski definition) is 2. The summed E-state index contributed by atoms with van der Waals surface area (Å²) in [6, 6.07) is 0.200. The summed E-state index contributed by atoms with van der Waals surface area (Å²) >= 11 is 0. The zero-order valence-electron chi connectivity index (χ0n) is 10.9. The molecule has 4 heteroatoms. The van der Waals surface area contributed by atoms with E-state index in [9.17, 15) is 0 Å². The molecule has 4 nitrogen and oxygen atoms in total. The fourth-order valence-electron chi connectivity index (χ4n) is 2.56. The number of hydrazine groups is 1. The molecular weight excluding hydrogens is 216 g/mol. The summed E-state index contributed by atoms with van der Waals surface area (Å²) < 4.78 is 11.4. The van der Waals surface area contributed by atoms with Crippen molar-refractivity contribution in [2.45, 2.75) is 50.7 Å². The Balaban J connectivity index is 2.60. The van der Waals surface area contributed by atoms with Crippen LogP contribution >= 0.6 is 0 Å². The van der Waals surface area contributed by atoms with Crippen LogP contribution in [0, 0.1) is 0 Å². The van der Waals surface area contributed by atoms with Gasteiger partial charge in [-0.15, -0.1) is 6.58 Å². The highest BCUT2D eigenvalue weighted by Gasteiger charge is 2.40. The van der Waals surface area contributed by atoms with Crippen molar-refractivity contribution in [3.8, 4) is 0 Å². The van der Waals surface area contributed by atoms with Crippen molar-refractivity contribution in [1.82, 2.24) is 5.43 Å². The van der Waals surface area contributed by atoms with E-state index in [0.29, 0.717) is 0 Å². The van der Waals surface area contributed by atoms with Crippen LogP contribution in [-0.2, 0) is 9.47 Å². The molecule has 1 saturated heterocycles. The first kappa shape index (κ1) is 14.6. The first-order valence-corrected chi connectivity index (χ1v) is 6.58. The lowest BCUT2D eigenvalue weighted by molar-refractivity contribution is -0.128. The van der Waals surface area contributed by atoms with Gasteiger partial charge >= 0.3 is 0 Å². The largest absolute Gasteiger partial charge is 0.381 e. The minimum Gasteiger partial charge on any atom is -0.381 e. The molecule has 1 rings (SSSR count). The molecule has 0 saturated carbocycles. The highest BCUT2D eigenvalue weighted by Crippen LogP contribution is 2.31. The standard InChI is InChI=1S/C13H26N2O2/c1-3-5-6-7-12(15-14)13(17-4-2)8-10-16-11-9-13/h3,12,15H,1,4-11,14H2,2H3. The van der Waals surface area contributed by atoms with E-state index in [4.69, 9.17) is 15.3 Å². The van der Waals surface area contributed by atoms with E-state index in [0.717, 1.165) is 51.9 Å². The molecule has 0 radical (unpaired) electrons. The van der Waals surface area contributed by atoms with Crippen LogP contribution in [0.25, 0.3) is 0 Å². The molecule has 0 aliphatic carbocycles. The van der Waals surface area contributed by atoms with Gasteiger partial charge in [-0.3, -0.25) is 11.3 Å². The van der Waals surface area contributed by atoms with E-state index < -0.39 is 0 Å². The molecule has 1 unspecified atom stereocenters. The molecule has 0 amide bonds. The van der Waals surface area contributed by atoms with Gasteiger partial charge in [0.05, 0.1) is 11.6 Å². The van der Waals surface area contributed by atoms with Gasteiger partial charge in [-0.2, -0.15) is 0 Å².